The highest BCUT2D eigenvalue weighted by atomic mass is 32.1. The summed E-state index contributed by atoms with van der Waals surface area (Å²) in [7, 11) is 0. The Labute approximate surface area is 122 Å². The van der Waals surface area contributed by atoms with Crippen molar-refractivity contribution in [2.24, 2.45) is 4.99 Å². The highest BCUT2D eigenvalue weighted by Crippen LogP contribution is 2.28. The summed E-state index contributed by atoms with van der Waals surface area (Å²) < 4.78 is 1.18. The fourth-order valence-corrected chi connectivity index (χ4v) is 2.97. The van der Waals surface area contributed by atoms with E-state index in [1.54, 1.807) is 11.3 Å². The molecule has 0 unspecified atom stereocenters. The average molecular weight is 280 g/mol. The standard InChI is InChI=1S/C17H16N2S/c1-11-8-9-14(10-12(11)2)13(3)18-17-19-15-6-4-5-7-16(15)20-17/h4-10H,1-3H3. The van der Waals surface area contributed by atoms with Crippen LogP contribution in [0.5, 0.6) is 0 Å². The lowest BCUT2D eigenvalue weighted by molar-refractivity contribution is 1.32. The molecular formula is C17H16N2S. The van der Waals surface area contributed by atoms with Gasteiger partial charge in [0.1, 0.15) is 0 Å². The van der Waals surface area contributed by atoms with E-state index >= 15 is 0 Å². The summed E-state index contributed by atoms with van der Waals surface area (Å²) >= 11 is 1.63. The van der Waals surface area contributed by atoms with Gasteiger partial charge >= 0.3 is 0 Å². The van der Waals surface area contributed by atoms with Crippen LogP contribution in [0, 0.1) is 13.8 Å². The van der Waals surface area contributed by atoms with Gasteiger partial charge in [-0.25, -0.2) is 9.98 Å². The van der Waals surface area contributed by atoms with Crippen LogP contribution in [0.4, 0.5) is 5.13 Å². The molecule has 0 amide bonds. The van der Waals surface area contributed by atoms with Crippen molar-refractivity contribution >= 4 is 32.4 Å². The van der Waals surface area contributed by atoms with Gasteiger partial charge in [-0.05, 0) is 55.7 Å². The maximum absolute atomic E-state index is 4.66. The molecule has 3 heteroatoms. The van der Waals surface area contributed by atoms with Crippen molar-refractivity contribution in [2.45, 2.75) is 20.8 Å². The molecule has 0 radical (unpaired) electrons. The van der Waals surface area contributed by atoms with Gasteiger partial charge in [0.25, 0.3) is 0 Å². The van der Waals surface area contributed by atoms with Gasteiger partial charge in [-0.2, -0.15) is 0 Å². The minimum atomic E-state index is 0.821. The third-order valence-electron chi connectivity index (χ3n) is 3.47. The number of nitrogens with zero attached hydrogens (tertiary/aromatic N) is 2. The van der Waals surface area contributed by atoms with E-state index in [1.165, 1.54) is 15.8 Å². The van der Waals surface area contributed by atoms with Crippen molar-refractivity contribution in [3.8, 4) is 0 Å². The number of aromatic nitrogens is 1. The predicted molar refractivity (Wildman–Crippen MR) is 87.4 cm³/mol. The summed E-state index contributed by atoms with van der Waals surface area (Å²) in [4.78, 5) is 9.21. The number of rotatable bonds is 2. The molecule has 0 atom stereocenters. The van der Waals surface area contributed by atoms with Crippen LogP contribution < -0.4 is 0 Å². The van der Waals surface area contributed by atoms with Gasteiger partial charge in [0.2, 0.25) is 5.13 Å². The molecule has 3 aromatic rings. The van der Waals surface area contributed by atoms with Crippen molar-refractivity contribution in [3.05, 3.63) is 59.2 Å². The number of benzene rings is 2. The number of fused-ring (bicyclic) bond motifs is 1. The summed E-state index contributed by atoms with van der Waals surface area (Å²) in [6, 6.07) is 14.6. The minimum absolute atomic E-state index is 0.821. The van der Waals surface area contributed by atoms with Crippen LogP contribution in [0.2, 0.25) is 0 Å². The molecule has 0 saturated carbocycles. The lowest BCUT2D eigenvalue weighted by Crippen LogP contribution is -1.95. The van der Waals surface area contributed by atoms with E-state index in [2.05, 4.69) is 48.1 Å². The molecule has 0 N–H and O–H groups in total. The topological polar surface area (TPSA) is 25.2 Å². The van der Waals surface area contributed by atoms with Crippen LogP contribution in [0.1, 0.15) is 23.6 Å². The molecule has 0 fully saturated rings. The number of thiazole rings is 1. The largest absolute Gasteiger partial charge is 0.224 e. The Morgan fingerprint density at radius 1 is 1.05 bits per heavy atom. The van der Waals surface area contributed by atoms with E-state index < -0.39 is 0 Å². The Bertz CT molecular complexity index is 767. The van der Waals surface area contributed by atoms with Crippen molar-refractivity contribution in [2.75, 3.05) is 0 Å². The van der Waals surface area contributed by atoms with Gasteiger partial charge in [-0.1, -0.05) is 35.6 Å². The summed E-state index contributed by atoms with van der Waals surface area (Å²) in [6.45, 7) is 6.29. The molecule has 3 rings (SSSR count). The number of para-hydroxylation sites is 1. The number of hydrogen-bond donors (Lipinski definition) is 0. The molecule has 2 nitrogen and oxygen atoms in total. The van der Waals surface area contributed by atoms with E-state index in [0.717, 1.165) is 21.9 Å². The number of aliphatic imine (C=N–C) groups is 1. The lowest BCUT2D eigenvalue weighted by Gasteiger charge is -2.04. The maximum Gasteiger partial charge on any atom is 0.210 e. The fraction of sp³-hybridized carbons (Fsp3) is 0.176. The molecule has 0 bridgehead atoms. The fourth-order valence-electron chi connectivity index (χ4n) is 2.08. The van der Waals surface area contributed by atoms with Gasteiger partial charge in [-0.15, -0.1) is 0 Å². The monoisotopic (exact) mass is 280 g/mol. The molecule has 0 aliphatic heterocycles. The van der Waals surface area contributed by atoms with Gasteiger partial charge in [-0.3, -0.25) is 0 Å². The van der Waals surface area contributed by atoms with E-state index in [0.29, 0.717) is 0 Å². The zero-order valence-corrected chi connectivity index (χ0v) is 12.7. The number of aryl methyl sites for hydroxylation is 2. The van der Waals surface area contributed by atoms with Crippen molar-refractivity contribution in [1.82, 2.24) is 4.98 Å². The quantitative estimate of drug-likeness (QED) is 0.603. The SMILES string of the molecule is CC(=Nc1nc2ccccc2s1)c1ccc(C)c(C)c1. The third kappa shape index (κ3) is 2.49. The Kier molecular flexibility index (Phi) is 3.36. The average Bonchev–Trinajstić information content (AvgIpc) is 2.83. The Balaban J connectivity index is 1.99. The molecule has 0 spiro atoms. The van der Waals surface area contributed by atoms with Gasteiger partial charge in [0.05, 0.1) is 10.2 Å². The lowest BCUT2D eigenvalue weighted by atomic mass is 10.0. The molecule has 1 aromatic heterocycles. The first-order valence-electron chi connectivity index (χ1n) is 6.62. The first kappa shape index (κ1) is 13.0. The molecule has 20 heavy (non-hydrogen) atoms. The van der Waals surface area contributed by atoms with Crippen LogP contribution >= 0.6 is 11.3 Å². The predicted octanol–water partition coefficient (Wildman–Crippen LogP) is 5.05. The molecular weight excluding hydrogens is 264 g/mol. The zero-order chi connectivity index (χ0) is 14.1. The Morgan fingerprint density at radius 2 is 1.85 bits per heavy atom. The van der Waals surface area contributed by atoms with Crippen LogP contribution in [-0.4, -0.2) is 10.7 Å². The van der Waals surface area contributed by atoms with E-state index in [-0.39, 0.29) is 0 Å². The van der Waals surface area contributed by atoms with Crippen molar-refractivity contribution in [1.29, 1.82) is 0 Å². The van der Waals surface area contributed by atoms with Crippen molar-refractivity contribution < 1.29 is 0 Å². The zero-order valence-electron chi connectivity index (χ0n) is 11.8. The Morgan fingerprint density at radius 3 is 2.60 bits per heavy atom. The van der Waals surface area contributed by atoms with Crippen LogP contribution in [0.15, 0.2) is 47.5 Å². The third-order valence-corrected chi connectivity index (χ3v) is 4.40. The first-order valence-corrected chi connectivity index (χ1v) is 7.43. The van der Waals surface area contributed by atoms with E-state index in [4.69, 9.17) is 0 Å². The maximum atomic E-state index is 4.66. The molecule has 100 valence electrons. The second kappa shape index (κ2) is 5.17. The highest BCUT2D eigenvalue weighted by Gasteiger charge is 2.04. The normalized spacial score (nSPS) is 12.1. The summed E-state index contributed by atoms with van der Waals surface area (Å²) in [5, 5.41) is 0.821. The second-order valence-electron chi connectivity index (χ2n) is 4.96. The van der Waals surface area contributed by atoms with Crippen molar-refractivity contribution in [3.63, 3.8) is 0 Å². The first-order chi connectivity index (χ1) is 9.63. The summed E-state index contributed by atoms with van der Waals surface area (Å²) in [5.74, 6) is 0. The summed E-state index contributed by atoms with van der Waals surface area (Å²) in [5.41, 5.74) is 5.78. The summed E-state index contributed by atoms with van der Waals surface area (Å²) in [6.07, 6.45) is 0. The van der Waals surface area contributed by atoms with E-state index in [1.807, 2.05) is 25.1 Å². The van der Waals surface area contributed by atoms with Crippen LogP contribution in [0.3, 0.4) is 0 Å². The Hall–Kier alpha value is -2.00. The molecule has 0 saturated heterocycles. The molecule has 1 heterocycles. The number of hydrogen-bond acceptors (Lipinski definition) is 3. The van der Waals surface area contributed by atoms with E-state index in [9.17, 15) is 0 Å². The molecule has 0 aliphatic rings. The highest BCUT2D eigenvalue weighted by molar-refractivity contribution is 7.22. The molecule has 0 aliphatic carbocycles. The molecule has 2 aromatic carbocycles. The van der Waals surface area contributed by atoms with Crippen LogP contribution in [0.25, 0.3) is 10.2 Å². The van der Waals surface area contributed by atoms with Gasteiger partial charge in [0, 0.05) is 5.71 Å². The smallest absolute Gasteiger partial charge is 0.210 e. The van der Waals surface area contributed by atoms with Crippen LogP contribution in [-0.2, 0) is 0 Å². The second-order valence-corrected chi connectivity index (χ2v) is 5.97. The minimum Gasteiger partial charge on any atom is -0.224 e. The van der Waals surface area contributed by atoms with Gasteiger partial charge < -0.3 is 0 Å². The van der Waals surface area contributed by atoms with Gasteiger partial charge in [0.15, 0.2) is 0 Å².